The van der Waals surface area contributed by atoms with Gasteiger partial charge in [0.05, 0.1) is 23.1 Å². The Morgan fingerprint density at radius 1 is 1.60 bits per heavy atom. The summed E-state index contributed by atoms with van der Waals surface area (Å²) in [5, 5.41) is 9.28. The van der Waals surface area contributed by atoms with Crippen molar-refractivity contribution in [1.29, 1.82) is 0 Å². The van der Waals surface area contributed by atoms with E-state index in [0.29, 0.717) is 12.0 Å². The van der Waals surface area contributed by atoms with Gasteiger partial charge in [-0.1, -0.05) is 6.08 Å². The summed E-state index contributed by atoms with van der Waals surface area (Å²) in [6.45, 7) is 5.32. The Morgan fingerprint density at radius 3 is 2.75 bits per heavy atom. The van der Waals surface area contributed by atoms with Gasteiger partial charge in [-0.15, -0.1) is 11.8 Å². The maximum atomic E-state index is 11.7. The molecule has 0 aromatic heterocycles. The predicted molar refractivity (Wildman–Crippen MR) is 73.1 cm³/mol. The van der Waals surface area contributed by atoms with Crippen molar-refractivity contribution in [2.75, 3.05) is 6.61 Å². The maximum Gasteiger partial charge on any atom is 0.333 e. The summed E-state index contributed by atoms with van der Waals surface area (Å²) < 4.78 is 4.08. The average Bonchev–Trinajstić information content (AvgIpc) is 2.57. The fourth-order valence-corrected chi connectivity index (χ4v) is 4.41. The Morgan fingerprint density at radius 2 is 2.25 bits per heavy atom. The van der Waals surface area contributed by atoms with E-state index < -0.39 is 22.7 Å². The van der Waals surface area contributed by atoms with Gasteiger partial charge in [-0.05, 0) is 20.8 Å². The van der Waals surface area contributed by atoms with Gasteiger partial charge < -0.3 is 14.7 Å². The highest BCUT2D eigenvalue weighted by atomic mass is 32.2. The molecule has 2 rings (SSSR count). The number of hydrogen-bond acceptors (Lipinski definition) is 5. The molecule has 0 radical (unpaired) electrons. The first-order valence-electron chi connectivity index (χ1n) is 6.38. The Hall–Kier alpha value is -1.50. The summed E-state index contributed by atoms with van der Waals surface area (Å²) in [4.78, 5) is 36.1. The second-order valence-electron chi connectivity index (χ2n) is 5.05. The van der Waals surface area contributed by atoms with Gasteiger partial charge >= 0.3 is 11.9 Å². The van der Waals surface area contributed by atoms with Gasteiger partial charge in [-0.3, -0.25) is 4.79 Å². The lowest BCUT2D eigenvalue weighted by atomic mass is 9.94. The van der Waals surface area contributed by atoms with Crippen molar-refractivity contribution < 1.29 is 24.2 Å². The summed E-state index contributed by atoms with van der Waals surface area (Å²) in [7, 11) is 0. The maximum absolute atomic E-state index is 11.7. The van der Waals surface area contributed by atoms with Gasteiger partial charge in [-0.25, -0.2) is 9.59 Å². The van der Waals surface area contributed by atoms with Gasteiger partial charge in [0.2, 0.25) is 5.91 Å². The van der Waals surface area contributed by atoms with E-state index in [1.807, 2.05) is 0 Å². The molecule has 0 bridgehead atoms. The van der Waals surface area contributed by atoms with E-state index in [-0.39, 0.29) is 17.9 Å². The first-order chi connectivity index (χ1) is 9.30. The molecule has 0 unspecified atom stereocenters. The summed E-state index contributed by atoms with van der Waals surface area (Å²) in [6.07, 6.45) is 1.97. The number of carboxylic acid groups (broad SMARTS) is 1. The van der Waals surface area contributed by atoms with E-state index in [1.54, 1.807) is 26.8 Å². The normalized spacial score (nSPS) is 32.6. The first kappa shape index (κ1) is 14.9. The Balaban J connectivity index is 2.28. The number of β-lactam (4-membered cyclic amide) rings is 1. The van der Waals surface area contributed by atoms with Crippen molar-refractivity contribution >= 4 is 29.6 Å². The minimum absolute atomic E-state index is 0.111. The lowest BCUT2D eigenvalue weighted by Crippen LogP contribution is -2.57. The topological polar surface area (TPSA) is 83.9 Å². The van der Waals surface area contributed by atoms with Crippen molar-refractivity contribution in [2.45, 2.75) is 43.4 Å². The van der Waals surface area contributed by atoms with Crippen LogP contribution in [0.15, 0.2) is 11.6 Å². The molecule has 2 aliphatic heterocycles. The zero-order chi connectivity index (χ0) is 15.1. The van der Waals surface area contributed by atoms with E-state index in [4.69, 9.17) is 4.74 Å². The number of fused-ring (bicyclic) bond motifs is 1. The molecule has 2 saturated heterocycles. The standard InChI is InChI=1S/C13H17NO5S/c1-4-19-12(18)7(2)6-13(3)10(11(16)17)14-8(15)5-9(14)20-13/h6,9-10H,4-5H2,1-3H3,(H,16,17)/b7-6-/t9-,10+,13+/m1/s1. The Bertz CT molecular complexity index is 503. The lowest BCUT2D eigenvalue weighted by molar-refractivity contribution is -0.157. The van der Waals surface area contributed by atoms with Crippen molar-refractivity contribution in [2.24, 2.45) is 0 Å². The van der Waals surface area contributed by atoms with Crippen LogP contribution in [0.1, 0.15) is 27.2 Å². The van der Waals surface area contributed by atoms with Crippen molar-refractivity contribution in [1.82, 2.24) is 4.90 Å². The summed E-state index contributed by atoms with van der Waals surface area (Å²) in [5.41, 5.74) is 0.364. The summed E-state index contributed by atoms with van der Waals surface area (Å²) >= 11 is 1.41. The molecule has 1 N–H and O–H groups in total. The van der Waals surface area contributed by atoms with Crippen molar-refractivity contribution in [3.05, 3.63) is 11.6 Å². The van der Waals surface area contributed by atoms with Crippen LogP contribution in [0.25, 0.3) is 0 Å². The minimum Gasteiger partial charge on any atom is -0.480 e. The van der Waals surface area contributed by atoms with Crippen LogP contribution in [0.5, 0.6) is 0 Å². The zero-order valence-electron chi connectivity index (χ0n) is 11.6. The molecule has 2 heterocycles. The highest BCUT2D eigenvalue weighted by Gasteiger charge is 2.59. The van der Waals surface area contributed by atoms with Crippen LogP contribution in [0.3, 0.4) is 0 Å². The van der Waals surface area contributed by atoms with Crippen molar-refractivity contribution in [3.63, 3.8) is 0 Å². The third-order valence-corrected chi connectivity index (χ3v) is 5.01. The third kappa shape index (κ3) is 2.30. The molecule has 0 saturated carbocycles. The minimum atomic E-state index is -1.05. The highest BCUT2D eigenvalue weighted by molar-refractivity contribution is 8.01. The molecule has 2 aliphatic rings. The molecule has 6 nitrogen and oxygen atoms in total. The molecule has 20 heavy (non-hydrogen) atoms. The van der Waals surface area contributed by atoms with Crippen LogP contribution in [0, 0.1) is 0 Å². The number of amides is 1. The number of hydrogen-bond donors (Lipinski definition) is 1. The Labute approximate surface area is 121 Å². The monoisotopic (exact) mass is 299 g/mol. The molecule has 0 aromatic carbocycles. The average molecular weight is 299 g/mol. The number of carbonyl (C=O) groups excluding carboxylic acids is 2. The fourth-order valence-electron chi connectivity index (χ4n) is 2.65. The molecular weight excluding hydrogens is 282 g/mol. The summed E-state index contributed by atoms with van der Waals surface area (Å²) in [5.74, 6) is -1.66. The number of rotatable bonds is 4. The van der Waals surface area contributed by atoms with Crippen LogP contribution in [-0.4, -0.2) is 50.6 Å². The van der Waals surface area contributed by atoms with Gasteiger partial charge in [0.15, 0.2) is 0 Å². The van der Waals surface area contributed by atoms with Crippen molar-refractivity contribution in [3.8, 4) is 0 Å². The molecule has 3 atom stereocenters. The van der Waals surface area contributed by atoms with E-state index in [9.17, 15) is 19.5 Å². The fraction of sp³-hybridized carbons (Fsp3) is 0.615. The molecular formula is C13H17NO5S. The van der Waals surface area contributed by atoms with Crippen LogP contribution in [0.2, 0.25) is 0 Å². The molecule has 2 fully saturated rings. The number of carbonyl (C=O) groups is 3. The Kier molecular flexibility index (Phi) is 3.82. The zero-order valence-corrected chi connectivity index (χ0v) is 12.4. The number of carboxylic acids is 1. The predicted octanol–water partition coefficient (Wildman–Crippen LogP) is 1.01. The van der Waals surface area contributed by atoms with Gasteiger partial charge in [0, 0.05) is 5.57 Å². The van der Waals surface area contributed by atoms with E-state index in [0.717, 1.165) is 0 Å². The van der Waals surface area contributed by atoms with Crippen LogP contribution < -0.4 is 0 Å². The molecule has 1 amide bonds. The molecule has 110 valence electrons. The number of esters is 1. The molecule has 0 spiro atoms. The largest absolute Gasteiger partial charge is 0.480 e. The van der Waals surface area contributed by atoms with Gasteiger partial charge in [0.25, 0.3) is 0 Å². The van der Waals surface area contributed by atoms with Crippen LogP contribution in [0.4, 0.5) is 0 Å². The van der Waals surface area contributed by atoms with E-state index in [1.165, 1.54) is 16.7 Å². The molecule has 0 aliphatic carbocycles. The molecule has 7 heteroatoms. The number of nitrogens with zero attached hydrogens (tertiary/aromatic N) is 1. The summed E-state index contributed by atoms with van der Waals surface area (Å²) in [6, 6.07) is -0.942. The van der Waals surface area contributed by atoms with Gasteiger partial charge in [0.1, 0.15) is 6.04 Å². The SMILES string of the molecule is CCOC(=O)/C(C)=C\[C@]1(C)S[C@@H]2CC(=O)N2[C@H]1C(=O)O. The van der Waals surface area contributed by atoms with E-state index >= 15 is 0 Å². The van der Waals surface area contributed by atoms with E-state index in [2.05, 4.69) is 0 Å². The number of ether oxygens (including phenoxy) is 1. The molecule has 0 aromatic rings. The highest BCUT2D eigenvalue weighted by Crippen LogP contribution is 2.52. The number of thioether (sulfide) groups is 1. The second kappa shape index (κ2) is 5.12. The third-order valence-electron chi connectivity index (χ3n) is 3.49. The number of aliphatic carboxylic acids is 1. The smallest absolute Gasteiger partial charge is 0.333 e. The van der Waals surface area contributed by atoms with Crippen LogP contribution >= 0.6 is 11.8 Å². The first-order valence-corrected chi connectivity index (χ1v) is 7.26. The van der Waals surface area contributed by atoms with Crippen LogP contribution in [-0.2, 0) is 19.1 Å². The lowest BCUT2D eigenvalue weighted by Gasteiger charge is -2.36. The second-order valence-corrected chi connectivity index (χ2v) is 6.71. The quantitative estimate of drug-likeness (QED) is 0.474. The van der Waals surface area contributed by atoms with Gasteiger partial charge in [-0.2, -0.15) is 0 Å².